The molecule has 3 unspecified atom stereocenters. The van der Waals surface area contributed by atoms with E-state index in [1.54, 1.807) is 6.92 Å². The van der Waals surface area contributed by atoms with Crippen LogP contribution < -0.4 is 0 Å². The maximum Gasteiger partial charge on any atom is 0.312 e. The minimum Gasteiger partial charge on any atom is -0.376 e. The van der Waals surface area contributed by atoms with Crippen LogP contribution in [0, 0.1) is 6.92 Å². The lowest BCUT2D eigenvalue weighted by Crippen LogP contribution is -2.24. The average Bonchev–Trinajstić information content (AvgIpc) is 2.78. The molecule has 2 fully saturated rings. The molecule has 4 nitrogen and oxygen atoms in total. The first-order valence-electron chi connectivity index (χ1n) is 4.52. The van der Waals surface area contributed by atoms with Gasteiger partial charge in [-0.15, -0.1) is 0 Å². The molecule has 0 aliphatic carbocycles. The van der Waals surface area contributed by atoms with Gasteiger partial charge in [0.25, 0.3) is 0 Å². The Morgan fingerprint density at radius 2 is 2.08 bits per heavy atom. The first-order valence-corrected chi connectivity index (χ1v) is 4.52. The van der Waals surface area contributed by atoms with E-state index >= 15 is 0 Å². The van der Waals surface area contributed by atoms with E-state index in [0.717, 1.165) is 6.61 Å². The van der Waals surface area contributed by atoms with Crippen molar-refractivity contribution >= 4 is 0 Å². The van der Waals surface area contributed by atoms with Crippen LogP contribution in [0.1, 0.15) is 6.92 Å². The van der Waals surface area contributed by atoms with Crippen LogP contribution >= 0.6 is 0 Å². The average molecular weight is 187 g/mol. The Morgan fingerprint density at radius 1 is 1.38 bits per heavy atom. The standard InChI is InChI=1S/C9H15O4/c1-9(2)12-6-8(13-9)4-10-3-7-5-11-7/h7-8H,1,3-6H2,2H3/q+1. The van der Waals surface area contributed by atoms with Gasteiger partial charge in [-0.25, -0.2) is 0 Å². The van der Waals surface area contributed by atoms with E-state index in [2.05, 4.69) is 6.92 Å². The second-order valence-electron chi connectivity index (χ2n) is 3.68. The summed E-state index contributed by atoms with van der Waals surface area (Å²) < 4.78 is 21.1. The minimum atomic E-state index is -0.690. The monoisotopic (exact) mass is 187 g/mol. The quantitative estimate of drug-likeness (QED) is 0.471. The first-order chi connectivity index (χ1) is 6.16. The Kier molecular flexibility index (Phi) is 2.47. The van der Waals surface area contributed by atoms with Gasteiger partial charge >= 0.3 is 5.79 Å². The zero-order chi connectivity index (χ0) is 9.31. The summed E-state index contributed by atoms with van der Waals surface area (Å²) in [5.41, 5.74) is 0. The third-order valence-corrected chi connectivity index (χ3v) is 2.00. The molecule has 2 aliphatic heterocycles. The molecular weight excluding hydrogens is 172 g/mol. The van der Waals surface area contributed by atoms with Crippen molar-refractivity contribution in [3.8, 4) is 0 Å². The molecule has 2 saturated heterocycles. The van der Waals surface area contributed by atoms with Crippen LogP contribution in [0.4, 0.5) is 0 Å². The van der Waals surface area contributed by atoms with Crippen LogP contribution in [-0.2, 0) is 18.9 Å². The summed E-state index contributed by atoms with van der Waals surface area (Å²) in [4.78, 5) is 0. The molecule has 0 spiro atoms. The fourth-order valence-electron chi connectivity index (χ4n) is 1.27. The van der Waals surface area contributed by atoms with E-state index in [1.807, 2.05) is 0 Å². The van der Waals surface area contributed by atoms with E-state index in [-0.39, 0.29) is 6.10 Å². The summed E-state index contributed by atoms with van der Waals surface area (Å²) in [6, 6.07) is 0. The highest BCUT2D eigenvalue weighted by Gasteiger charge is 2.39. The van der Waals surface area contributed by atoms with Gasteiger partial charge in [-0.3, -0.25) is 0 Å². The third kappa shape index (κ3) is 2.84. The van der Waals surface area contributed by atoms with Crippen molar-refractivity contribution in [2.75, 3.05) is 26.4 Å². The first kappa shape index (κ1) is 9.27. The normalized spacial score (nSPS) is 43.8. The molecular formula is C9H15O4+. The molecule has 0 saturated carbocycles. The lowest BCUT2D eigenvalue weighted by Gasteiger charge is -2.10. The van der Waals surface area contributed by atoms with E-state index in [0.29, 0.717) is 25.9 Å². The van der Waals surface area contributed by atoms with Gasteiger partial charge in [-0.05, 0) is 0 Å². The van der Waals surface area contributed by atoms with Gasteiger partial charge in [0, 0.05) is 6.92 Å². The predicted octanol–water partition coefficient (Wildman–Crippen LogP) is 0.367. The Morgan fingerprint density at radius 3 is 2.62 bits per heavy atom. The van der Waals surface area contributed by atoms with Crippen molar-refractivity contribution in [2.24, 2.45) is 0 Å². The van der Waals surface area contributed by atoms with Crippen molar-refractivity contribution in [2.45, 2.75) is 24.9 Å². The second-order valence-corrected chi connectivity index (χ2v) is 3.68. The highest BCUT2D eigenvalue weighted by Crippen LogP contribution is 2.22. The van der Waals surface area contributed by atoms with Gasteiger partial charge in [0.2, 0.25) is 0 Å². The summed E-state index contributed by atoms with van der Waals surface area (Å²) in [5.74, 6) is -0.690. The van der Waals surface area contributed by atoms with Gasteiger partial charge in [-0.1, -0.05) is 0 Å². The third-order valence-electron chi connectivity index (χ3n) is 2.00. The fourth-order valence-corrected chi connectivity index (χ4v) is 1.27. The molecule has 2 aliphatic rings. The zero-order valence-corrected chi connectivity index (χ0v) is 7.82. The van der Waals surface area contributed by atoms with Crippen molar-refractivity contribution in [1.82, 2.24) is 0 Å². The predicted molar refractivity (Wildman–Crippen MR) is 45.1 cm³/mol. The molecule has 3 atom stereocenters. The highest BCUT2D eigenvalue weighted by molar-refractivity contribution is 4.77. The number of hydrogen-bond acceptors (Lipinski definition) is 4. The smallest absolute Gasteiger partial charge is 0.312 e. The number of hydrogen-bond donors (Lipinski definition) is 0. The van der Waals surface area contributed by atoms with E-state index in [1.165, 1.54) is 0 Å². The summed E-state index contributed by atoms with van der Waals surface area (Å²) >= 11 is 0. The lowest BCUT2D eigenvalue weighted by atomic mass is 10.4. The molecule has 13 heavy (non-hydrogen) atoms. The van der Waals surface area contributed by atoms with Crippen LogP contribution in [0.3, 0.4) is 0 Å². The Balaban J connectivity index is 1.59. The van der Waals surface area contributed by atoms with Crippen molar-refractivity contribution in [1.29, 1.82) is 0 Å². The molecule has 0 aromatic heterocycles. The molecule has 0 amide bonds. The number of ether oxygens (including phenoxy) is 4. The van der Waals surface area contributed by atoms with Gasteiger partial charge < -0.3 is 18.9 Å². The molecule has 4 heteroatoms. The summed E-state index contributed by atoms with van der Waals surface area (Å²) in [7, 11) is 0. The summed E-state index contributed by atoms with van der Waals surface area (Å²) in [5, 5.41) is 0. The van der Waals surface area contributed by atoms with Crippen molar-refractivity contribution in [3.63, 3.8) is 0 Å². The van der Waals surface area contributed by atoms with Gasteiger partial charge in [0.15, 0.2) is 0 Å². The highest BCUT2D eigenvalue weighted by atomic mass is 16.7. The van der Waals surface area contributed by atoms with Gasteiger partial charge in [-0.2, -0.15) is 0 Å². The van der Waals surface area contributed by atoms with Crippen LogP contribution in [0.15, 0.2) is 0 Å². The fraction of sp³-hybridized carbons (Fsp3) is 0.889. The number of epoxide rings is 1. The van der Waals surface area contributed by atoms with Crippen LogP contribution in [0.2, 0.25) is 0 Å². The molecule has 0 N–H and O–H groups in total. The maximum absolute atomic E-state index is 5.45. The maximum atomic E-state index is 5.45. The zero-order valence-electron chi connectivity index (χ0n) is 7.82. The molecule has 0 aromatic carbocycles. The second kappa shape index (κ2) is 3.46. The van der Waals surface area contributed by atoms with E-state index < -0.39 is 5.79 Å². The van der Waals surface area contributed by atoms with E-state index in [9.17, 15) is 0 Å². The van der Waals surface area contributed by atoms with Crippen LogP contribution in [-0.4, -0.2) is 44.4 Å². The molecule has 0 radical (unpaired) electrons. The van der Waals surface area contributed by atoms with Gasteiger partial charge in [0.1, 0.15) is 19.1 Å². The lowest BCUT2D eigenvalue weighted by molar-refractivity contribution is -0.124. The van der Waals surface area contributed by atoms with Crippen LogP contribution in [0.25, 0.3) is 0 Å². The molecule has 2 rings (SSSR count). The largest absolute Gasteiger partial charge is 0.376 e. The van der Waals surface area contributed by atoms with E-state index in [4.69, 9.17) is 18.9 Å². The Hall–Kier alpha value is -0.290. The molecule has 74 valence electrons. The SMILES string of the molecule is [CH2+]C1(C)OCC(COCC2CO2)O1. The van der Waals surface area contributed by atoms with Crippen molar-refractivity contribution < 1.29 is 18.9 Å². The topological polar surface area (TPSA) is 40.2 Å². The van der Waals surface area contributed by atoms with Crippen molar-refractivity contribution in [3.05, 3.63) is 6.92 Å². The van der Waals surface area contributed by atoms with Gasteiger partial charge in [0.05, 0.1) is 26.4 Å². The minimum absolute atomic E-state index is 0.0150. The van der Waals surface area contributed by atoms with Crippen LogP contribution in [0.5, 0.6) is 0 Å². The molecule has 2 heterocycles. The Bertz CT molecular complexity index is 176. The summed E-state index contributed by atoms with van der Waals surface area (Å²) in [6.45, 7) is 8.16. The summed E-state index contributed by atoms with van der Waals surface area (Å²) in [6.07, 6.45) is 0.328. The molecule has 0 aromatic rings. The molecule has 0 bridgehead atoms. The Labute approximate surface area is 78.1 Å². The number of rotatable bonds is 4.